The second-order valence-corrected chi connectivity index (χ2v) is 4.13. The van der Waals surface area contributed by atoms with Gasteiger partial charge in [0.05, 0.1) is 5.56 Å². The smallest absolute Gasteiger partial charge is 0.254 e. The number of halogens is 2. The third kappa shape index (κ3) is 2.72. The molecule has 0 spiro atoms. The zero-order valence-electron chi connectivity index (χ0n) is 7.84. The third-order valence-corrected chi connectivity index (χ3v) is 2.73. The quantitative estimate of drug-likeness (QED) is 0.778. The van der Waals surface area contributed by atoms with Crippen LogP contribution in [0.15, 0.2) is 28.7 Å². The van der Waals surface area contributed by atoms with Crippen molar-refractivity contribution in [3.05, 3.63) is 34.3 Å². The molecule has 0 aliphatic heterocycles. The molecule has 76 valence electrons. The van der Waals surface area contributed by atoms with Crippen molar-refractivity contribution in [3.8, 4) is 0 Å². The molecule has 0 bridgehead atoms. The fraction of sp³-hybridized carbons (Fsp3) is 0.300. The number of rotatable bonds is 3. The van der Waals surface area contributed by atoms with Crippen LogP contribution in [0.2, 0.25) is 0 Å². The highest BCUT2D eigenvalue weighted by Crippen LogP contribution is 2.17. The van der Waals surface area contributed by atoms with Crippen LogP contribution in [-0.2, 0) is 0 Å². The van der Waals surface area contributed by atoms with E-state index >= 15 is 0 Å². The van der Waals surface area contributed by atoms with Crippen molar-refractivity contribution in [2.75, 3.05) is 19.5 Å². The molecule has 1 aromatic carbocycles. The maximum atomic E-state index is 11.8. The Labute approximate surface area is 97.0 Å². The van der Waals surface area contributed by atoms with Crippen LogP contribution in [0.1, 0.15) is 10.4 Å². The van der Waals surface area contributed by atoms with Crippen LogP contribution in [0.25, 0.3) is 0 Å². The van der Waals surface area contributed by atoms with Gasteiger partial charge < -0.3 is 4.90 Å². The lowest BCUT2D eigenvalue weighted by molar-refractivity contribution is 0.0802. The molecule has 1 aromatic rings. The Morgan fingerprint density at radius 3 is 2.71 bits per heavy atom. The average molecular weight is 277 g/mol. The van der Waals surface area contributed by atoms with Crippen molar-refractivity contribution in [2.45, 2.75) is 0 Å². The monoisotopic (exact) mass is 275 g/mol. The molecule has 0 saturated carbocycles. The molecule has 0 heterocycles. The summed E-state index contributed by atoms with van der Waals surface area (Å²) in [6.45, 7) is 0.557. The SMILES string of the molecule is CN(CCCl)C(=O)c1ccccc1Br. The largest absolute Gasteiger partial charge is 0.340 e. The number of alkyl halides is 1. The molecular weight excluding hydrogens is 265 g/mol. The molecule has 2 nitrogen and oxygen atoms in total. The number of carbonyl (C=O) groups is 1. The van der Waals surface area contributed by atoms with E-state index in [0.29, 0.717) is 18.0 Å². The predicted molar refractivity (Wildman–Crippen MR) is 61.8 cm³/mol. The Hall–Kier alpha value is -0.540. The molecule has 14 heavy (non-hydrogen) atoms. The summed E-state index contributed by atoms with van der Waals surface area (Å²) in [7, 11) is 1.74. The van der Waals surface area contributed by atoms with Gasteiger partial charge in [0.25, 0.3) is 5.91 Å². The first-order valence-electron chi connectivity index (χ1n) is 4.22. The summed E-state index contributed by atoms with van der Waals surface area (Å²) in [4.78, 5) is 13.4. The Morgan fingerprint density at radius 2 is 2.14 bits per heavy atom. The summed E-state index contributed by atoms with van der Waals surface area (Å²) < 4.78 is 0.812. The Bertz CT molecular complexity index is 330. The maximum Gasteiger partial charge on any atom is 0.254 e. The topological polar surface area (TPSA) is 20.3 Å². The fourth-order valence-electron chi connectivity index (χ4n) is 1.07. The van der Waals surface area contributed by atoms with Crippen molar-refractivity contribution < 1.29 is 4.79 Å². The van der Waals surface area contributed by atoms with Gasteiger partial charge in [0.2, 0.25) is 0 Å². The van der Waals surface area contributed by atoms with Crippen LogP contribution in [-0.4, -0.2) is 30.3 Å². The Balaban J connectivity index is 2.84. The summed E-state index contributed by atoms with van der Waals surface area (Å²) >= 11 is 8.90. The Kier molecular flexibility index (Phi) is 4.42. The molecule has 4 heteroatoms. The molecule has 0 aliphatic carbocycles. The lowest BCUT2D eigenvalue weighted by Crippen LogP contribution is -2.28. The summed E-state index contributed by atoms with van der Waals surface area (Å²) in [6, 6.07) is 7.36. The molecule has 0 saturated heterocycles. The standard InChI is InChI=1S/C10H11BrClNO/c1-13(7-6-12)10(14)8-4-2-3-5-9(8)11/h2-5H,6-7H2,1H3. The van der Waals surface area contributed by atoms with Gasteiger partial charge in [-0.05, 0) is 28.1 Å². The van der Waals surface area contributed by atoms with Gasteiger partial charge in [0, 0.05) is 23.9 Å². The fourth-order valence-corrected chi connectivity index (χ4v) is 1.78. The minimum atomic E-state index is -0.0156. The highest BCUT2D eigenvalue weighted by molar-refractivity contribution is 9.10. The lowest BCUT2D eigenvalue weighted by Gasteiger charge is -2.16. The molecular formula is C10H11BrClNO. The van der Waals surface area contributed by atoms with Gasteiger partial charge in [0.15, 0.2) is 0 Å². The molecule has 0 radical (unpaired) electrons. The summed E-state index contributed by atoms with van der Waals surface area (Å²) in [5.74, 6) is 0.435. The van der Waals surface area contributed by atoms with Crippen molar-refractivity contribution in [3.63, 3.8) is 0 Å². The first kappa shape index (κ1) is 11.5. The van der Waals surface area contributed by atoms with Gasteiger partial charge in [-0.15, -0.1) is 11.6 Å². The number of benzene rings is 1. The second kappa shape index (κ2) is 5.37. The van der Waals surface area contributed by atoms with E-state index in [9.17, 15) is 4.79 Å². The minimum absolute atomic E-state index is 0.0156. The second-order valence-electron chi connectivity index (χ2n) is 2.90. The molecule has 0 N–H and O–H groups in total. The van der Waals surface area contributed by atoms with Crippen LogP contribution >= 0.6 is 27.5 Å². The van der Waals surface area contributed by atoms with E-state index in [0.717, 1.165) is 4.47 Å². The van der Waals surface area contributed by atoms with Crippen molar-refractivity contribution in [1.82, 2.24) is 4.90 Å². The van der Waals surface area contributed by atoms with E-state index in [1.54, 1.807) is 18.0 Å². The third-order valence-electron chi connectivity index (χ3n) is 1.87. The summed E-state index contributed by atoms with van der Waals surface area (Å²) in [5.41, 5.74) is 0.667. The van der Waals surface area contributed by atoms with Crippen LogP contribution in [0.5, 0.6) is 0 Å². The number of carbonyl (C=O) groups excluding carboxylic acids is 1. The van der Waals surface area contributed by atoms with E-state index in [1.165, 1.54) is 0 Å². The van der Waals surface area contributed by atoms with E-state index in [4.69, 9.17) is 11.6 Å². The number of hydrogen-bond donors (Lipinski definition) is 0. The number of nitrogens with zero attached hydrogens (tertiary/aromatic N) is 1. The minimum Gasteiger partial charge on any atom is -0.340 e. The van der Waals surface area contributed by atoms with Crippen molar-refractivity contribution in [2.24, 2.45) is 0 Å². The average Bonchev–Trinajstić information content (AvgIpc) is 2.18. The number of hydrogen-bond acceptors (Lipinski definition) is 1. The van der Waals surface area contributed by atoms with E-state index in [1.807, 2.05) is 18.2 Å². The van der Waals surface area contributed by atoms with Crippen LogP contribution in [0.3, 0.4) is 0 Å². The van der Waals surface area contributed by atoms with E-state index < -0.39 is 0 Å². The first-order chi connectivity index (χ1) is 6.66. The molecule has 1 amide bonds. The summed E-state index contributed by atoms with van der Waals surface area (Å²) in [5, 5.41) is 0. The maximum absolute atomic E-state index is 11.8. The molecule has 0 atom stereocenters. The van der Waals surface area contributed by atoms with Gasteiger partial charge in [-0.3, -0.25) is 4.79 Å². The first-order valence-corrected chi connectivity index (χ1v) is 5.55. The van der Waals surface area contributed by atoms with Gasteiger partial charge in [-0.25, -0.2) is 0 Å². The molecule has 1 rings (SSSR count). The van der Waals surface area contributed by atoms with Crippen LogP contribution < -0.4 is 0 Å². The van der Waals surface area contributed by atoms with Gasteiger partial charge in [-0.2, -0.15) is 0 Å². The van der Waals surface area contributed by atoms with E-state index in [-0.39, 0.29) is 5.91 Å². The molecule has 0 aliphatic rings. The van der Waals surface area contributed by atoms with E-state index in [2.05, 4.69) is 15.9 Å². The van der Waals surface area contributed by atoms with Crippen molar-refractivity contribution >= 4 is 33.4 Å². The summed E-state index contributed by atoms with van der Waals surface area (Å²) in [6.07, 6.45) is 0. The molecule has 0 fully saturated rings. The molecule has 0 aromatic heterocycles. The normalized spacial score (nSPS) is 9.93. The van der Waals surface area contributed by atoms with Gasteiger partial charge in [-0.1, -0.05) is 12.1 Å². The molecule has 0 unspecified atom stereocenters. The van der Waals surface area contributed by atoms with Crippen LogP contribution in [0.4, 0.5) is 0 Å². The predicted octanol–water partition coefficient (Wildman–Crippen LogP) is 2.76. The number of amides is 1. The van der Waals surface area contributed by atoms with Gasteiger partial charge >= 0.3 is 0 Å². The van der Waals surface area contributed by atoms with Crippen LogP contribution in [0, 0.1) is 0 Å². The van der Waals surface area contributed by atoms with Gasteiger partial charge in [0.1, 0.15) is 0 Å². The highest BCUT2D eigenvalue weighted by atomic mass is 79.9. The van der Waals surface area contributed by atoms with Crippen molar-refractivity contribution in [1.29, 1.82) is 0 Å². The highest BCUT2D eigenvalue weighted by Gasteiger charge is 2.13. The lowest BCUT2D eigenvalue weighted by atomic mass is 10.2. The Morgan fingerprint density at radius 1 is 1.50 bits per heavy atom. The zero-order valence-corrected chi connectivity index (χ0v) is 10.2. The zero-order chi connectivity index (χ0) is 10.6.